The Hall–Kier alpha value is -1.26. The Morgan fingerprint density at radius 2 is 1.95 bits per heavy atom. The Morgan fingerprint density at radius 1 is 1.18 bits per heavy atom. The van der Waals surface area contributed by atoms with Crippen molar-refractivity contribution >= 4 is 12.0 Å². The van der Waals surface area contributed by atoms with E-state index in [0.717, 1.165) is 24.2 Å². The van der Waals surface area contributed by atoms with Crippen molar-refractivity contribution in [1.82, 2.24) is 10.2 Å². The van der Waals surface area contributed by atoms with Crippen molar-refractivity contribution in [3.05, 3.63) is 0 Å². The Bertz CT molecular complexity index is 508. The number of hydrogen-bond donors (Lipinski definition) is 2. The van der Waals surface area contributed by atoms with Crippen LogP contribution in [-0.4, -0.2) is 41.1 Å². The van der Waals surface area contributed by atoms with Gasteiger partial charge in [-0.15, -0.1) is 0 Å². The predicted octanol–water partition coefficient (Wildman–Crippen LogP) is 2.32. The molecular weight excluding hydrogens is 280 g/mol. The zero-order valence-corrected chi connectivity index (χ0v) is 13.3. The van der Waals surface area contributed by atoms with Crippen LogP contribution in [0.5, 0.6) is 0 Å². The monoisotopic (exact) mass is 306 g/mol. The van der Waals surface area contributed by atoms with Gasteiger partial charge in [-0.05, 0) is 62.7 Å². The van der Waals surface area contributed by atoms with Crippen molar-refractivity contribution < 1.29 is 14.7 Å². The first kappa shape index (κ1) is 14.3. The number of nitrogens with one attached hydrogen (secondary N) is 1. The number of carbonyl (C=O) groups excluding carboxylic acids is 1. The number of likely N-dealkylation sites (tertiary alicyclic amines) is 1. The lowest BCUT2D eigenvalue weighted by Gasteiger charge is -2.33. The Balaban J connectivity index is 1.37. The highest BCUT2D eigenvalue weighted by molar-refractivity contribution is 5.79. The van der Waals surface area contributed by atoms with Crippen molar-refractivity contribution in [1.29, 1.82) is 0 Å². The average molecular weight is 306 g/mol. The highest BCUT2D eigenvalue weighted by atomic mass is 16.4. The maximum Gasteiger partial charge on any atom is 0.317 e. The summed E-state index contributed by atoms with van der Waals surface area (Å²) in [7, 11) is 0. The quantitative estimate of drug-likeness (QED) is 0.822. The number of nitrogens with zero attached hydrogens (tertiary/aromatic N) is 1. The van der Waals surface area contributed by atoms with E-state index in [-0.39, 0.29) is 6.03 Å². The Kier molecular flexibility index (Phi) is 3.17. The molecule has 0 radical (unpaired) electrons. The molecule has 1 heterocycles. The lowest BCUT2D eigenvalue weighted by Crippen LogP contribution is -2.48. The minimum Gasteiger partial charge on any atom is -0.481 e. The predicted molar refractivity (Wildman–Crippen MR) is 81.3 cm³/mol. The van der Waals surface area contributed by atoms with E-state index < -0.39 is 11.4 Å². The van der Waals surface area contributed by atoms with Crippen LogP contribution in [0, 0.1) is 29.1 Å². The number of amides is 2. The summed E-state index contributed by atoms with van der Waals surface area (Å²) in [6, 6.07) is 0.283. The van der Waals surface area contributed by atoms with E-state index in [4.69, 9.17) is 0 Å². The number of carboxylic acids is 1. The highest BCUT2D eigenvalue weighted by Gasteiger charge is 2.54. The van der Waals surface area contributed by atoms with E-state index in [0.29, 0.717) is 31.5 Å². The van der Waals surface area contributed by atoms with E-state index in [2.05, 4.69) is 5.32 Å². The summed E-state index contributed by atoms with van der Waals surface area (Å²) < 4.78 is 0. The van der Waals surface area contributed by atoms with Gasteiger partial charge in [0.1, 0.15) is 0 Å². The molecule has 3 aliphatic carbocycles. The molecule has 5 nitrogen and oxygen atoms in total. The minimum atomic E-state index is -0.795. The van der Waals surface area contributed by atoms with Gasteiger partial charge >= 0.3 is 12.0 Å². The van der Waals surface area contributed by atoms with Crippen LogP contribution in [0.4, 0.5) is 4.79 Å². The molecule has 2 bridgehead atoms. The third-order valence-electron chi connectivity index (χ3n) is 7.01. The molecule has 5 heteroatoms. The standard InChI is InChI=1S/C17H26N2O3/c1-17(15(20)21)5-6-19(9-17)16(22)18-14-8-10-7-13(14)12-4-2-3-11(10)12/h10-14H,2-9H2,1H3,(H,18,22)(H,20,21). The highest BCUT2D eigenvalue weighted by Crippen LogP contribution is 2.58. The zero-order chi connectivity index (χ0) is 15.5. The molecule has 2 N–H and O–H groups in total. The normalized spacial score (nSPS) is 46.0. The summed E-state index contributed by atoms with van der Waals surface area (Å²) >= 11 is 0. The zero-order valence-electron chi connectivity index (χ0n) is 13.3. The summed E-state index contributed by atoms with van der Waals surface area (Å²) in [6.07, 6.45) is 7.10. The third kappa shape index (κ3) is 2.04. The van der Waals surface area contributed by atoms with E-state index >= 15 is 0 Å². The van der Waals surface area contributed by atoms with Crippen LogP contribution < -0.4 is 5.32 Å². The molecule has 0 aromatic rings. The van der Waals surface area contributed by atoms with Crippen LogP contribution in [0.1, 0.15) is 45.4 Å². The van der Waals surface area contributed by atoms with Crippen LogP contribution in [0.2, 0.25) is 0 Å². The first-order chi connectivity index (χ1) is 10.5. The van der Waals surface area contributed by atoms with Crippen molar-refractivity contribution in [3.8, 4) is 0 Å². The number of carboxylic acid groups (broad SMARTS) is 1. The fourth-order valence-corrected chi connectivity index (χ4v) is 5.79. The number of aliphatic carboxylic acids is 1. The van der Waals surface area contributed by atoms with Crippen LogP contribution in [0.25, 0.3) is 0 Å². The van der Waals surface area contributed by atoms with Crippen LogP contribution in [-0.2, 0) is 4.79 Å². The van der Waals surface area contributed by atoms with Crippen LogP contribution >= 0.6 is 0 Å². The number of fused-ring (bicyclic) bond motifs is 5. The summed E-state index contributed by atoms with van der Waals surface area (Å²) in [6.45, 7) is 2.63. The number of hydrogen-bond acceptors (Lipinski definition) is 2. The average Bonchev–Trinajstić information content (AvgIpc) is 3.18. The third-order valence-corrected chi connectivity index (χ3v) is 7.01. The maximum absolute atomic E-state index is 12.5. The van der Waals surface area contributed by atoms with Gasteiger partial charge in [0.15, 0.2) is 0 Å². The number of rotatable bonds is 2. The molecule has 4 rings (SSSR count). The lowest BCUT2D eigenvalue weighted by atomic mass is 9.79. The molecule has 6 atom stereocenters. The SMILES string of the molecule is CC1(C(=O)O)CCN(C(=O)NC2CC3CC2C2CCCC32)C1. The molecule has 0 spiro atoms. The van der Waals surface area contributed by atoms with Crippen molar-refractivity contribution in [2.75, 3.05) is 13.1 Å². The van der Waals surface area contributed by atoms with Gasteiger partial charge < -0.3 is 15.3 Å². The van der Waals surface area contributed by atoms with Crippen molar-refractivity contribution in [2.24, 2.45) is 29.1 Å². The molecule has 4 aliphatic rings. The van der Waals surface area contributed by atoms with Crippen LogP contribution in [0.3, 0.4) is 0 Å². The van der Waals surface area contributed by atoms with Gasteiger partial charge in [0, 0.05) is 19.1 Å². The molecule has 2 amide bonds. The summed E-state index contributed by atoms with van der Waals surface area (Å²) in [5.74, 6) is 2.48. The molecule has 3 saturated carbocycles. The van der Waals surface area contributed by atoms with Gasteiger partial charge in [0.05, 0.1) is 5.41 Å². The Morgan fingerprint density at radius 3 is 2.68 bits per heavy atom. The fourth-order valence-electron chi connectivity index (χ4n) is 5.79. The largest absolute Gasteiger partial charge is 0.481 e. The van der Waals surface area contributed by atoms with Gasteiger partial charge in [-0.1, -0.05) is 6.42 Å². The van der Waals surface area contributed by atoms with Gasteiger partial charge in [-0.3, -0.25) is 4.79 Å². The molecule has 22 heavy (non-hydrogen) atoms. The number of urea groups is 1. The smallest absolute Gasteiger partial charge is 0.317 e. The molecule has 4 fully saturated rings. The van der Waals surface area contributed by atoms with E-state index in [1.54, 1.807) is 11.8 Å². The number of carbonyl (C=O) groups is 2. The van der Waals surface area contributed by atoms with Crippen LogP contribution in [0.15, 0.2) is 0 Å². The fraction of sp³-hybridized carbons (Fsp3) is 0.882. The lowest BCUT2D eigenvalue weighted by molar-refractivity contribution is -0.147. The van der Waals surface area contributed by atoms with Gasteiger partial charge in [-0.2, -0.15) is 0 Å². The molecule has 1 aliphatic heterocycles. The molecule has 0 aromatic heterocycles. The molecule has 0 aromatic carbocycles. The second kappa shape index (κ2) is 4.87. The van der Waals surface area contributed by atoms with Gasteiger partial charge in [0.2, 0.25) is 0 Å². The second-order valence-electron chi connectivity index (χ2n) is 8.25. The molecule has 6 unspecified atom stereocenters. The van der Waals surface area contributed by atoms with E-state index in [9.17, 15) is 14.7 Å². The van der Waals surface area contributed by atoms with Gasteiger partial charge in [0.25, 0.3) is 0 Å². The molecule has 1 saturated heterocycles. The minimum absolute atomic E-state index is 0.0444. The Labute approximate surface area is 131 Å². The van der Waals surface area contributed by atoms with E-state index in [1.807, 2.05) is 0 Å². The first-order valence-corrected chi connectivity index (χ1v) is 8.77. The summed E-state index contributed by atoms with van der Waals surface area (Å²) in [5, 5.41) is 12.5. The first-order valence-electron chi connectivity index (χ1n) is 8.77. The van der Waals surface area contributed by atoms with Gasteiger partial charge in [-0.25, -0.2) is 4.79 Å². The maximum atomic E-state index is 12.5. The summed E-state index contributed by atoms with van der Waals surface area (Å²) in [5.41, 5.74) is -0.775. The molecular formula is C17H26N2O3. The van der Waals surface area contributed by atoms with Crippen molar-refractivity contribution in [2.45, 2.75) is 51.5 Å². The topological polar surface area (TPSA) is 69.6 Å². The van der Waals surface area contributed by atoms with E-state index in [1.165, 1.54) is 25.7 Å². The summed E-state index contributed by atoms with van der Waals surface area (Å²) in [4.78, 5) is 25.5. The molecule has 122 valence electrons. The van der Waals surface area contributed by atoms with Crippen molar-refractivity contribution in [3.63, 3.8) is 0 Å². The second-order valence-corrected chi connectivity index (χ2v) is 8.25.